The fourth-order valence-corrected chi connectivity index (χ4v) is 3.79. The van der Waals surface area contributed by atoms with Gasteiger partial charge in [0.05, 0.1) is 0 Å². The van der Waals surface area contributed by atoms with Crippen LogP contribution in [0, 0.1) is 5.92 Å². The summed E-state index contributed by atoms with van der Waals surface area (Å²) in [5.41, 5.74) is 1.12. The summed E-state index contributed by atoms with van der Waals surface area (Å²) in [5, 5.41) is 0.776. The van der Waals surface area contributed by atoms with E-state index in [2.05, 4.69) is 9.88 Å². The van der Waals surface area contributed by atoms with E-state index in [0.717, 1.165) is 49.0 Å². The van der Waals surface area contributed by atoms with Crippen molar-refractivity contribution in [3.8, 4) is 0 Å². The summed E-state index contributed by atoms with van der Waals surface area (Å²) in [6, 6.07) is 13.8. The average Bonchev–Trinajstić information content (AvgIpc) is 3.43. The van der Waals surface area contributed by atoms with Crippen LogP contribution in [0.4, 0.5) is 5.82 Å². The summed E-state index contributed by atoms with van der Waals surface area (Å²) in [7, 11) is 0. The number of aromatic nitrogens is 1. The Morgan fingerprint density at radius 3 is 2.50 bits per heavy atom. The molecule has 0 N–H and O–H groups in total. The molecule has 1 aromatic heterocycles. The van der Waals surface area contributed by atoms with Crippen molar-refractivity contribution in [2.75, 3.05) is 31.1 Å². The van der Waals surface area contributed by atoms with Crippen molar-refractivity contribution in [3.05, 3.63) is 59.2 Å². The number of pyridine rings is 1. The van der Waals surface area contributed by atoms with E-state index >= 15 is 0 Å². The highest BCUT2D eigenvalue weighted by atomic mass is 35.5. The lowest BCUT2D eigenvalue weighted by Crippen LogP contribution is -2.49. The third kappa shape index (κ3) is 2.98. The van der Waals surface area contributed by atoms with Gasteiger partial charge in [0, 0.05) is 43.3 Å². The summed E-state index contributed by atoms with van der Waals surface area (Å²) >= 11 is 6.26. The first-order valence-electron chi connectivity index (χ1n) is 8.43. The van der Waals surface area contributed by atoms with Gasteiger partial charge in [-0.3, -0.25) is 4.79 Å². The maximum absolute atomic E-state index is 12.7. The minimum absolute atomic E-state index is 0.103. The van der Waals surface area contributed by atoms with Gasteiger partial charge in [0.25, 0.3) is 0 Å². The minimum atomic E-state index is 0.103. The maximum atomic E-state index is 12.7. The molecule has 5 heteroatoms. The number of carbonyl (C=O) groups is 1. The van der Waals surface area contributed by atoms with Crippen LogP contribution in [0.3, 0.4) is 0 Å². The number of hydrogen-bond acceptors (Lipinski definition) is 3. The van der Waals surface area contributed by atoms with Gasteiger partial charge in [-0.15, -0.1) is 0 Å². The van der Waals surface area contributed by atoms with E-state index in [-0.39, 0.29) is 11.8 Å². The molecule has 24 heavy (non-hydrogen) atoms. The fraction of sp³-hybridized carbons (Fsp3) is 0.368. The van der Waals surface area contributed by atoms with Crippen LogP contribution < -0.4 is 4.90 Å². The Bertz CT molecular complexity index is 728. The standard InChI is InChI=1S/C19H20ClN3O/c20-17-6-2-1-5-14(17)15-13-16(15)19(24)23-11-9-22(10-12-23)18-7-3-4-8-21-18/h1-8,15-16H,9-13H2. The summed E-state index contributed by atoms with van der Waals surface area (Å²) < 4.78 is 0. The number of piperazine rings is 1. The van der Waals surface area contributed by atoms with Gasteiger partial charge in [-0.05, 0) is 36.1 Å². The number of nitrogens with zero attached hydrogens (tertiary/aromatic N) is 3. The highest BCUT2D eigenvalue weighted by molar-refractivity contribution is 6.31. The molecular formula is C19H20ClN3O. The number of anilines is 1. The predicted octanol–water partition coefficient (Wildman–Crippen LogP) is 3.19. The largest absolute Gasteiger partial charge is 0.353 e. The molecule has 2 aliphatic rings. The summed E-state index contributed by atoms with van der Waals surface area (Å²) in [6.45, 7) is 3.21. The van der Waals surface area contributed by atoms with Crippen LogP contribution in [0.25, 0.3) is 0 Å². The molecule has 1 aliphatic heterocycles. The van der Waals surface area contributed by atoms with Crippen LogP contribution in [-0.2, 0) is 4.79 Å². The second-order valence-electron chi connectivity index (χ2n) is 6.47. The van der Waals surface area contributed by atoms with E-state index in [1.54, 1.807) is 0 Å². The highest BCUT2D eigenvalue weighted by Gasteiger charge is 2.46. The molecule has 2 heterocycles. The number of amides is 1. The van der Waals surface area contributed by atoms with E-state index in [0.29, 0.717) is 5.92 Å². The third-order valence-electron chi connectivity index (χ3n) is 4.98. The number of carbonyl (C=O) groups excluding carboxylic acids is 1. The molecule has 2 unspecified atom stereocenters. The molecular weight excluding hydrogens is 322 g/mol. The monoisotopic (exact) mass is 341 g/mol. The van der Waals surface area contributed by atoms with Crippen molar-refractivity contribution >= 4 is 23.3 Å². The van der Waals surface area contributed by atoms with E-state index < -0.39 is 0 Å². The zero-order chi connectivity index (χ0) is 16.5. The molecule has 1 aliphatic carbocycles. The van der Waals surface area contributed by atoms with Crippen molar-refractivity contribution in [2.24, 2.45) is 5.92 Å². The van der Waals surface area contributed by atoms with Crippen LogP contribution in [0.1, 0.15) is 17.9 Å². The number of benzene rings is 1. The van der Waals surface area contributed by atoms with Crippen molar-refractivity contribution in [3.63, 3.8) is 0 Å². The molecule has 1 saturated carbocycles. The van der Waals surface area contributed by atoms with Gasteiger partial charge in [0.2, 0.25) is 5.91 Å². The SMILES string of the molecule is O=C(C1CC1c1ccccc1Cl)N1CCN(c2ccccn2)CC1. The zero-order valence-corrected chi connectivity index (χ0v) is 14.2. The number of halogens is 1. The molecule has 124 valence electrons. The van der Waals surface area contributed by atoms with Gasteiger partial charge in [0.1, 0.15) is 5.82 Å². The molecule has 1 aromatic carbocycles. The quantitative estimate of drug-likeness (QED) is 0.860. The predicted molar refractivity (Wildman–Crippen MR) is 95.3 cm³/mol. The Morgan fingerprint density at radius 2 is 1.79 bits per heavy atom. The van der Waals surface area contributed by atoms with Crippen LogP contribution in [0.2, 0.25) is 5.02 Å². The molecule has 1 amide bonds. The Morgan fingerprint density at radius 1 is 1.04 bits per heavy atom. The van der Waals surface area contributed by atoms with Gasteiger partial charge in [-0.1, -0.05) is 35.9 Å². The van der Waals surface area contributed by atoms with Crippen LogP contribution in [0.15, 0.2) is 48.7 Å². The normalized spacial score (nSPS) is 23.2. The van der Waals surface area contributed by atoms with Crippen molar-refractivity contribution < 1.29 is 4.79 Å². The molecule has 4 rings (SSSR count). The molecule has 2 atom stereocenters. The summed E-state index contributed by atoms with van der Waals surface area (Å²) in [5.74, 6) is 1.66. The molecule has 1 saturated heterocycles. The smallest absolute Gasteiger partial charge is 0.226 e. The second-order valence-corrected chi connectivity index (χ2v) is 6.88. The number of rotatable bonds is 3. The van der Waals surface area contributed by atoms with Crippen molar-refractivity contribution in [2.45, 2.75) is 12.3 Å². The number of hydrogen-bond donors (Lipinski definition) is 0. The van der Waals surface area contributed by atoms with Crippen LogP contribution >= 0.6 is 11.6 Å². The first-order chi connectivity index (χ1) is 11.7. The first kappa shape index (κ1) is 15.5. The summed E-state index contributed by atoms with van der Waals surface area (Å²) in [6.07, 6.45) is 2.73. The lowest BCUT2D eigenvalue weighted by molar-refractivity contribution is -0.132. The third-order valence-corrected chi connectivity index (χ3v) is 5.32. The highest BCUT2D eigenvalue weighted by Crippen LogP contribution is 2.50. The van der Waals surface area contributed by atoms with Gasteiger partial charge >= 0.3 is 0 Å². The molecule has 4 nitrogen and oxygen atoms in total. The topological polar surface area (TPSA) is 36.4 Å². The van der Waals surface area contributed by atoms with Crippen molar-refractivity contribution in [1.29, 1.82) is 0 Å². The molecule has 0 spiro atoms. The lowest BCUT2D eigenvalue weighted by atomic mass is 10.1. The molecule has 0 bridgehead atoms. The van der Waals surface area contributed by atoms with Crippen LogP contribution in [0.5, 0.6) is 0 Å². The first-order valence-corrected chi connectivity index (χ1v) is 8.81. The fourth-order valence-electron chi connectivity index (χ4n) is 3.52. The summed E-state index contributed by atoms with van der Waals surface area (Å²) in [4.78, 5) is 21.4. The zero-order valence-electron chi connectivity index (χ0n) is 13.4. The van der Waals surface area contributed by atoms with Gasteiger partial charge in [-0.2, -0.15) is 0 Å². The van der Waals surface area contributed by atoms with Crippen LogP contribution in [-0.4, -0.2) is 42.0 Å². The lowest BCUT2D eigenvalue weighted by Gasteiger charge is -2.35. The van der Waals surface area contributed by atoms with Gasteiger partial charge in [0.15, 0.2) is 0 Å². The maximum Gasteiger partial charge on any atom is 0.226 e. The molecule has 2 fully saturated rings. The Labute approximate surface area is 147 Å². The minimum Gasteiger partial charge on any atom is -0.353 e. The van der Waals surface area contributed by atoms with Gasteiger partial charge < -0.3 is 9.80 Å². The average molecular weight is 342 g/mol. The van der Waals surface area contributed by atoms with E-state index in [1.807, 2.05) is 53.6 Å². The van der Waals surface area contributed by atoms with E-state index in [1.165, 1.54) is 0 Å². The van der Waals surface area contributed by atoms with Crippen molar-refractivity contribution in [1.82, 2.24) is 9.88 Å². The Hall–Kier alpha value is -2.07. The van der Waals surface area contributed by atoms with E-state index in [4.69, 9.17) is 11.6 Å². The second kappa shape index (κ2) is 6.44. The van der Waals surface area contributed by atoms with E-state index in [9.17, 15) is 4.79 Å². The molecule has 0 radical (unpaired) electrons. The molecule has 2 aromatic rings. The van der Waals surface area contributed by atoms with Gasteiger partial charge in [-0.25, -0.2) is 4.98 Å². The Balaban J connectivity index is 1.35. The Kier molecular flexibility index (Phi) is 4.15.